The number of halogens is 2. The van der Waals surface area contributed by atoms with Crippen molar-refractivity contribution in [2.45, 2.75) is 0 Å². The molecular formula is C26H18Cl2N2O4. The molecule has 1 N–H and O–H groups in total. The molecule has 0 fully saturated rings. The molecule has 170 valence electrons. The Morgan fingerprint density at radius 3 is 2.35 bits per heavy atom. The fraction of sp³-hybridized carbons (Fsp3) is 0.0385. The number of hydrogen-bond donors (Lipinski definition) is 1. The first-order valence-corrected chi connectivity index (χ1v) is 10.9. The third kappa shape index (κ3) is 5.20. The van der Waals surface area contributed by atoms with Crippen molar-refractivity contribution in [1.82, 2.24) is 5.43 Å². The van der Waals surface area contributed by atoms with E-state index in [0.717, 1.165) is 10.8 Å². The third-order valence-electron chi connectivity index (χ3n) is 5.00. The van der Waals surface area contributed by atoms with E-state index in [4.69, 9.17) is 32.7 Å². The molecule has 0 aliphatic heterocycles. The Kier molecular flexibility index (Phi) is 7.11. The summed E-state index contributed by atoms with van der Waals surface area (Å²) in [5.74, 6) is -0.0703. The first kappa shape index (κ1) is 23.3. The quantitative estimate of drug-likeness (QED) is 0.152. The average molecular weight is 493 g/mol. The van der Waals surface area contributed by atoms with Gasteiger partial charge in [-0.1, -0.05) is 53.5 Å². The SMILES string of the molecule is COc1ccc(C(=O)Oc2ccc3ccccc3c2/C=N/NC(=O)c2ccc(Cl)c(Cl)c2)cc1. The van der Waals surface area contributed by atoms with Crippen LogP contribution in [0.15, 0.2) is 84.0 Å². The van der Waals surface area contributed by atoms with E-state index >= 15 is 0 Å². The highest BCUT2D eigenvalue weighted by Crippen LogP contribution is 2.28. The lowest BCUT2D eigenvalue weighted by atomic mass is 10.0. The van der Waals surface area contributed by atoms with E-state index in [1.54, 1.807) is 43.5 Å². The van der Waals surface area contributed by atoms with Crippen molar-refractivity contribution in [3.63, 3.8) is 0 Å². The van der Waals surface area contributed by atoms with Gasteiger partial charge in [-0.05, 0) is 59.3 Å². The van der Waals surface area contributed by atoms with Gasteiger partial charge < -0.3 is 9.47 Å². The molecule has 0 saturated heterocycles. The van der Waals surface area contributed by atoms with Crippen LogP contribution >= 0.6 is 23.2 Å². The van der Waals surface area contributed by atoms with E-state index < -0.39 is 11.9 Å². The summed E-state index contributed by atoms with van der Waals surface area (Å²) >= 11 is 11.9. The molecule has 0 spiro atoms. The van der Waals surface area contributed by atoms with Crippen LogP contribution in [-0.4, -0.2) is 25.2 Å². The number of benzene rings is 4. The van der Waals surface area contributed by atoms with Gasteiger partial charge in [0.25, 0.3) is 5.91 Å². The molecule has 0 atom stereocenters. The van der Waals surface area contributed by atoms with Crippen LogP contribution in [0.1, 0.15) is 26.3 Å². The summed E-state index contributed by atoms with van der Waals surface area (Å²) in [5.41, 5.74) is 3.66. The Morgan fingerprint density at radius 2 is 1.62 bits per heavy atom. The monoisotopic (exact) mass is 492 g/mol. The smallest absolute Gasteiger partial charge is 0.343 e. The van der Waals surface area contributed by atoms with Gasteiger partial charge in [0.2, 0.25) is 0 Å². The van der Waals surface area contributed by atoms with Crippen LogP contribution in [0.25, 0.3) is 10.8 Å². The van der Waals surface area contributed by atoms with Crippen molar-refractivity contribution < 1.29 is 19.1 Å². The molecule has 0 unspecified atom stereocenters. The summed E-state index contributed by atoms with van der Waals surface area (Å²) in [6, 6.07) is 22.2. The van der Waals surface area contributed by atoms with E-state index in [-0.39, 0.29) is 5.02 Å². The standard InChI is InChI=1S/C26H18Cl2N2O4/c1-33-19-10-6-17(7-11-19)26(32)34-24-13-9-16-4-2-3-5-20(16)21(24)15-29-30-25(31)18-8-12-22(27)23(28)14-18/h2-15H,1H3,(H,30,31)/b29-15+. The number of hydrogen-bond acceptors (Lipinski definition) is 5. The van der Waals surface area contributed by atoms with Crippen LogP contribution in [0.3, 0.4) is 0 Å². The highest BCUT2D eigenvalue weighted by Gasteiger charge is 2.14. The number of fused-ring (bicyclic) bond motifs is 1. The summed E-state index contributed by atoms with van der Waals surface area (Å²) in [5, 5.41) is 6.41. The second kappa shape index (κ2) is 10.4. The van der Waals surface area contributed by atoms with Crippen LogP contribution < -0.4 is 14.9 Å². The molecule has 0 heterocycles. The molecule has 34 heavy (non-hydrogen) atoms. The zero-order valence-corrected chi connectivity index (χ0v) is 19.4. The second-order valence-corrected chi connectivity index (χ2v) is 7.96. The molecule has 4 aromatic rings. The molecule has 6 nitrogen and oxygen atoms in total. The number of amides is 1. The Morgan fingerprint density at radius 1 is 0.882 bits per heavy atom. The maximum Gasteiger partial charge on any atom is 0.343 e. The maximum atomic E-state index is 12.7. The van der Waals surface area contributed by atoms with Crippen molar-refractivity contribution >= 4 is 52.1 Å². The number of carbonyl (C=O) groups is 2. The van der Waals surface area contributed by atoms with Crippen LogP contribution in [0, 0.1) is 0 Å². The minimum absolute atomic E-state index is 0.264. The van der Waals surface area contributed by atoms with Crippen molar-refractivity contribution in [2.24, 2.45) is 5.10 Å². The molecule has 4 aromatic carbocycles. The van der Waals surface area contributed by atoms with Gasteiger partial charge in [-0.25, -0.2) is 10.2 Å². The van der Waals surface area contributed by atoms with Crippen molar-refractivity contribution in [2.75, 3.05) is 7.11 Å². The van der Waals surface area contributed by atoms with Gasteiger partial charge in [0.1, 0.15) is 11.5 Å². The molecular weight excluding hydrogens is 475 g/mol. The van der Waals surface area contributed by atoms with Crippen LogP contribution in [0.5, 0.6) is 11.5 Å². The largest absolute Gasteiger partial charge is 0.497 e. The number of nitrogens with one attached hydrogen (secondary N) is 1. The molecule has 0 aliphatic carbocycles. The van der Waals surface area contributed by atoms with Gasteiger partial charge in [0.05, 0.1) is 28.9 Å². The molecule has 0 bridgehead atoms. The summed E-state index contributed by atoms with van der Waals surface area (Å²) < 4.78 is 10.8. The van der Waals surface area contributed by atoms with Crippen molar-refractivity contribution in [3.05, 3.63) is 106 Å². The minimum atomic E-state index is -0.535. The molecule has 1 amide bonds. The molecule has 0 saturated carbocycles. The number of carbonyl (C=O) groups excluding carboxylic acids is 2. The second-order valence-electron chi connectivity index (χ2n) is 7.14. The number of nitrogens with zero attached hydrogens (tertiary/aromatic N) is 1. The predicted molar refractivity (Wildman–Crippen MR) is 133 cm³/mol. The van der Waals surface area contributed by atoms with Crippen molar-refractivity contribution in [3.8, 4) is 11.5 Å². The number of rotatable bonds is 6. The average Bonchev–Trinajstić information content (AvgIpc) is 2.86. The summed E-state index contributed by atoms with van der Waals surface area (Å²) in [6.45, 7) is 0. The van der Waals surface area contributed by atoms with Gasteiger partial charge in [0.15, 0.2) is 0 Å². The summed E-state index contributed by atoms with van der Waals surface area (Å²) in [6.07, 6.45) is 1.44. The van der Waals surface area contributed by atoms with E-state index in [0.29, 0.717) is 33.2 Å². The van der Waals surface area contributed by atoms with Gasteiger partial charge in [-0.15, -0.1) is 0 Å². The Labute approximate surface area is 205 Å². The molecule has 0 radical (unpaired) electrons. The van der Waals surface area contributed by atoms with Gasteiger partial charge >= 0.3 is 5.97 Å². The van der Waals surface area contributed by atoms with E-state index in [2.05, 4.69) is 10.5 Å². The first-order valence-electron chi connectivity index (χ1n) is 10.1. The molecule has 0 aliphatic rings. The van der Waals surface area contributed by atoms with Crippen LogP contribution in [0.4, 0.5) is 0 Å². The normalized spacial score (nSPS) is 10.9. The van der Waals surface area contributed by atoms with Gasteiger partial charge in [-0.2, -0.15) is 5.10 Å². The van der Waals surface area contributed by atoms with Crippen molar-refractivity contribution in [1.29, 1.82) is 0 Å². The number of methoxy groups -OCH3 is 1. The predicted octanol–water partition coefficient (Wildman–Crippen LogP) is 6.14. The number of ether oxygens (including phenoxy) is 2. The number of esters is 1. The fourth-order valence-corrected chi connectivity index (χ4v) is 3.54. The lowest BCUT2D eigenvalue weighted by Gasteiger charge is -2.11. The lowest BCUT2D eigenvalue weighted by Crippen LogP contribution is -2.17. The zero-order valence-electron chi connectivity index (χ0n) is 17.9. The molecule has 4 rings (SSSR count). The third-order valence-corrected chi connectivity index (χ3v) is 5.74. The van der Waals surface area contributed by atoms with E-state index in [9.17, 15) is 9.59 Å². The number of hydrazone groups is 1. The topological polar surface area (TPSA) is 77.0 Å². The Balaban J connectivity index is 1.61. The molecule has 8 heteroatoms. The maximum absolute atomic E-state index is 12.7. The summed E-state index contributed by atoms with van der Waals surface area (Å²) in [4.78, 5) is 25.2. The lowest BCUT2D eigenvalue weighted by molar-refractivity contribution is 0.0734. The van der Waals surface area contributed by atoms with Gasteiger partial charge in [-0.3, -0.25) is 4.79 Å². The van der Waals surface area contributed by atoms with Crippen LogP contribution in [0.2, 0.25) is 10.0 Å². The Hall–Kier alpha value is -3.87. The van der Waals surface area contributed by atoms with E-state index in [1.165, 1.54) is 18.3 Å². The minimum Gasteiger partial charge on any atom is -0.497 e. The van der Waals surface area contributed by atoms with Crippen LogP contribution in [-0.2, 0) is 0 Å². The Bertz CT molecular complexity index is 1400. The highest BCUT2D eigenvalue weighted by molar-refractivity contribution is 6.42. The zero-order chi connectivity index (χ0) is 24.1. The molecule has 0 aromatic heterocycles. The summed E-state index contributed by atoms with van der Waals surface area (Å²) in [7, 11) is 1.55. The van der Waals surface area contributed by atoms with E-state index in [1.807, 2.05) is 30.3 Å². The fourth-order valence-electron chi connectivity index (χ4n) is 3.24. The highest BCUT2D eigenvalue weighted by atomic mass is 35.5. The first-order chi connectivity index (χ1) is 16.5. The van der Waals surface area contributed by atoms with Gasteiger partial charge in [0, 0.05) is 11.1 Å².